The molecule has 1 aliphatic heterocycles. The van der Waals surface area contributed by atoms with E-state index in [1.54, 1.807) is 62.3 Å². The fourth-order valence-corrected chi connectivity index (χ4v) is 3.86. The fraction of sp³-hybridized carbons (Fsp3) is 0.737. The molecule has 0 aromatic heterocycles. The summed E-state index contributed by atoms with van der Waals surface area (Å²) in [6.07, 6.45) is -0.800. The predicted octanol–water partition coefficient (Wildman–Crippen LogP) is 5.25. The number of imide groups is 1. The zero-order valence-corrected chi connectivity index (χ0v) is 39.8. The van der Waals surface area contributed by atoms with Crippen LogP contribution >= 0.6 is 47.8 Å². The van der Waals surface area contributed by atoms with Gasteiger partial charge in [0.25, 0.3) is 11.8 Å². The molecule has 1 atom stereocenters. The first-order valence-corrected chi connectivity index (χ1v) is 20.3. The summed E-state index contributed by atoms with van der Waals surface area (Å²) >= 11 is 9.48. The van der Waals surface area contributed by atoms with E-state index in [0.29, 0.717) is 11.3 Å². The predicted molar refractivity (Wildman–Crippen MR) is 221 cm³/mol. The molecule has 2 amide bonds. The molecule has 0 radical (unpaired) electrons. The van der Waals surface area contributed by atoms with Crippen molar-refractivity contribution in [2.75, 3.05) is 46.2 Å². The van der Waals surface area contributed by atoms with Crippen LogP contribution in [0, 0.1) is 16.2 Å². The van der Waals surface area contributed by atoms with E-state index in [1.165, 1.54) is 13.8 Å². The van der Waals surface area contributed by atoms with Crippen molar-refractivity contribution in [2.24, 2.45) is 16.2 Å². The fourth-order valence-electron chi connectivity index (χ4n) is 3.52. The molecular formula is C38H58Br3NO18. The maximum atomic E-state index is 12.7. The van der Waals surface area contributed by atoms with E-state index in [1.807, 2.05) is 0 Å². The van der Waals surface area contributed by atoms with Gasteiger partial charge in [-0.25, -0.2) is 4.79 Å². The quantitative estimate of drug-likeness (QED) is 0.0377. The van der Waals surface area contributed by atoms with Gasteiger partial charge in [-0.05, 0) is 76.2 Å². The molecule has 1 rings (SSSR count). The highest BCUT2D eigenvalue weighted by Crippen LogP contribution is 2.27. The molecule has 344 valence electrons. The van der Waals surface area contributed by atoms with Crippen LogP contribution in [0.1, 0.15) is 103 Å². The lowest BCUT2D eigenvalue weighted by Gasteiger charge is -2.29. The monoisotopic (exact) mass is 1050 g/mol. The van der Waals surface area contributed by atoms with Gasteiger partial charge in [0, 0.05) is 19.3 Å². The van der Waals surface area contributed by atoms with Crippen molar-refractivity contribution in [3.63, 3.8) is 0 Å². The number of carbonyl (C=O) groups excluding carboxylic acids is 10. The lowest BCUT2D eigenvalue weighted by Crippen LogP contribution is -2.43. The zero-order chi connectivity index (χ0) is 46.2. The van der Waals surface area contributed by atoms with E-state index in [0.717, 1.165) is 0 Å². The normalized spacial score (nSPS) is 14.1. The van der Waals surface area contributed by atoms with E-state index in [9.17, 15) is 47.9 Å². The average molecular weight is 1060 g/mol. The molecule has 19 nitrogen and oxygen atoms in total. The van der Waals surface area contributed by atoms with Gasteiger partial charge in [-0.1, -0.05) is 60.3 Å². The third-order valence-corrected chi connectivity index (χ3v) is 8.29. The molecule has 1 heterocycles. The molecule has 0 aromatic carbocycles. The van der Waals surface area contributed by atoms with Gasteiger partial charge < -0.3 is 38.0 Å². The van der Waals surface area contributed by atoms with Crippen LogP contribution in [0.3, 0.4) is 0 Å². The SMILES string of the molecule is C.CC(C)(Br)C(=O)OCC(C)(COC(=O)C(C)(C)Br)C(=O)OCCOC(=O)ON1C(=O)CCC1=O.CC(C)(C)C(=O)OCC(C)(COC(=O)C(C)(C)Br)C(=O)OCCC=O. The van der Waals surface area contributed by atoms with E-state index in [2.05, 4.69) is 57.4 Å². The van der Waals surface area contributed by atoms with Crippen LogP contribution < -0.4 is 0 Å². The van der Waals surface area contributed by atoms with E-state index in [4.69, 9.17) is 28.4 Å². The van der Waals surface area contributed by atoms with Crippen LogP contribution in [0.15, 0.2) is 0 Å². The van der Waals surface area contributed by atoms with Crippen molar-refractivity contribution in [1.29, 1.82) is 0 Å². The molecular weight excluding hydrogens is 998 g/mol. The number of alkyl halides is 3. The number of carbonyl (C=O) groups is 10. The smallest absolute Gasteiger partial charge is 0.465 e. The molecule has 0 N–H and O–H groups in total. The first-order chi connectivity index (χ1) is 26.7. The number of hydrogen-bond donors (Lipinski definition) is 0. The molecule has 0 aromatic rings. The third kappa shape index (κ3) is 21.2. The van der Waals surface area contributed by atoms with E-state index < -0.39 is 109 Å². The van der Waals surface area contributed by atoms with Crippen LogP contribution in [0.4, 0.5) is 4.79 Å². The molecule has 0 bridgehead atoms. The Morgan fingerprint density at radius 3 is 1.15 bits per heavy atom. The van der Waals surface area contributed by atoms with Gasteiger partial charge in [0.05, 0.1) is 12.0 Å². The molecule has 1 fully saturated rings. The Labute approximate surface area is 375 Å². The minimum Gasteiger partial charge on any atom is -0.465 e. The summed E-state index contributed by atoms with van der Waals surface area (Å²) in [5.41, 5.74) is -3.69. The number of esters is 6. The summed E-state index contributed by atoms with van der Waals surface area (Å²) in [5.74, 6) is -5.33. The summed E-state index contributed by atoms with van der Waals surface area (Å²) in [6, 6.07) is 0. The molecule has 22 heteroatoms. The van der Waals surface area contributed by atoms with E-state index >= 15 is 0 Å². The van der Waals surface area contributed by atoms with E-state index in [-0.39, 0.29) is 46.5 Å². The third-order valence-electron chi connectivity index (χ3n) is 7.32. The zero-order valence-electron chi connectivity index (χ0n) is 35.1. The molecule has 1 unspecified atom stereocenters. The summed E-state index contributed by atoms with van der Waals surface area (Å²) in [5, 5.41) is 0.310. The standard InChI is InChI=1S/C20H27Br2NO11.C17H27BrO7.CH4/c1-18(2,21)14(26)32-10-20(5,11-33-15(27)19(3,4)22)16(28)30-8-9-31-17(29)34-23-12(24)6-7-13(23)25;1-15(2,3)12(20)24-10-17(6,14(22)23-9-7-8-19)11-25-13(21)16(4,5)18;/h6-11H2,1-5H3;8H,7,9-11H2,1-6H3;1H4. The Morgan fingerprint density at radius 2 is 0.833 bits per heavy atom. The molecule has 1 aliphatic rings. The second-order valence-electron chi connectivity index (χ2n) is 16.1. The largest absolute Gasteiger partial charge is 0.534 e. The summed E-state index contributed by atoms with van der Waals surface area (Å²) in [6.45, 7) is 14.8. The average Bonchev–Trinajstić information content (AvgIpc) is 3.43. The number of halogens is 3. The van der Waals surface area contributed by atoms with Gasteiger partial charge in [-0.3, -0.25) is 43.2 Å². The number of amides is 2. The lowest BCUT2D eigenvalue weighted by molar-refractivity contribution is -0.178. The number of hydroxylamine groups is 2. The minimum atomic E-state index is -1.57. The first kappa shape index (κ1) is 58.4. The van der Waals surface area contributed by atoms with Crippen molar-refractivity contribution in [1.82, 2.24) is 5.06 Å². The number of rotatable bonds is 20. The molecule has 0 aliphatic carbocycles. The highest BCUT2D eigenvalue weighted by atomic mass is 79.9. The first-order valence-electron chi connectivity index (χ1n) is 18.0. The van der Waals surface area contributed by atoms with Crippen LogP contribution in [-0.2, 0) is 81.1 Å². The van der Waals surface area contributed by atoms with Gasteiger partial charge in [-0.15, -0.1) is 0 Å². The van der Waals surface area contributed by atoms with Gasteiger partial charge >= 0.3 is 42.0 Å². The van der Waals surface area contributed by atoms with Crippen LogP contribution in [-0.4, -0.2) is 124 Å². The van der Waals surface area contributed by atoms with Crippen molar-refractivity contribution in [3.05, 3.63) is 0 Å². The van der Waals surface area contributed by atoms with Gasteiger partial charge in [-0.2, -0.15) is 0 Å². The van der Waals surface area contributed by atoms with Crippen LogP contribution in [0.25, 0.3) is 0 Å². The van der Waals surface area contributed by atoms with Crippen molar-refractivity contribution in [2.45, 2.75) is 116 Å². The Kier molecular flexibility index (Phi) is 24.1. The summed E-state index contributed by atoms with van der Waals surface area (Å²) in [4.78, 5) is 122. The number of hydrogen-bond acceptors (Lipinski definition) is 18. The summed E-state index contributed by atoms with van der Waals surface area (Å²) in [7, 11) is 0. The van der Waals surface area contributed by atoms with Crippen LogP contribution in [0.2, 0.25) is 0 Å². The molecule has 0 saturated carbocycles. The van der Waals surface area contributed by atoms with Gasteiger partial charge in [0.15, 0.2) is 0 Å². The topological polar surface area (TPSA) is 248 Å². The van der Waals surface area contributed by atoms with Gasteiger partial charge in [0.1, 0.15) is 69.7 Å². The van der Waals surface area contributed by atoms with Crippen molar-refractivity contribution < 1.29 is 85.9 Å². The lowest BCUT2D eigenvalue weighted by atomic mass is 9.92. The summed E-state index contributed by atoms with van der Waals surface area (Å²) < 4.78 is 32.6. The van der Waals surface area contributed by atoms with Crippen LogP contribution in [0.5, 0.6) is 0 Å². The Bertz CT molecular complexity index is 1480. The Balaban J connectivity index is 0. The highest BCUT2D eigenvalue weighted by molar-refractivity contribution is 9.10. The number of ether oxygens (including phenoxy) is 7. The maximum Gasteiger partial charge on any atom is 0.534 e. The second kappa shape index (κ2) is 24.7. The minimum absolute atomic E-state index is 0. The maximum absolute atomic E-state index is 12.7. The Hall–Kier alpha value is -3.66. The highest BCUT2D eigenvalue weighted by Gasteiger charge is 2.43. The number of aldehydes is 1. The van der Waals surface area contributed by atoms with Crippen molar-refractivity contribution in [3.8, 4) is 0 Å². The number of nitrogens with zero attached hydrogens (tertiary/aromatic N) is 1. The van der Waals surface area contributed by atoms with Gasteiger partial charge in [0.2, 0.25) is 0 Å². The van der Waals surface area contributed by atoms with Crippen molar-refractivity contribution >= 4 is 108 Å². The molecule has 60 heavy (non-hydrogen) atoms. The molecule has 0 spiro atoms. The Morgan fingerprint density at radius 1 is 0.517 bits per heavy atom. The molecule has 1 saturated heterocycles. The second-order valence-corrected chi connectivity index (χ2v) is 22.0.